The Kier molecular flexibility index (Phi) is 5.17. The molecule has 0 aromatic heterocycles. The molecule has 5 rings (SSSR count). The van der Waals surface area contributed by atoms with Gasteiger partial charge in [-0.2, -0.15) is 0 Å². The van der Waals surface area contributed by atoms with E-state index < -0.39 is 45.3 Å². The van der Waals surface area contributed by atoms with Gasteiger partial charge in [0.25, 0.3) is 0 Å². The highest BCUT2D eigenvalue weighted by Gasteiger charge is 2.56. The standard InChI is InChI=1S/C21H24F4O2S/c1-10-16(22)18(24)20(19(25)17(10)23)28-4-3-15(26)27-21(2)13-6-11-5-12(8-13)9-14(21)7-11/h11-14H,3-9H2,1-2H3. The summed E-state index contributed by atoms with van der Waals surface area (Å²) in [6, 6.07) is 0. The first kappa shape index (κ1) is 20.0. The minimum absolute atomic E-state index is 0.00865. The van der Waals surface area contributed by atoms with E-state index in [1.165, 1.54) is 6.42 Å². The van der Waals surface area contributed by atoms with Crippen LogP contribution in [0.5, 0.6) is 0 Å². The number of ether oxygens (including phenoxy) is 1. The van der Waals surface area contributed by atoms with Crippen molar-refractivity contribution in [3.05, 3.63) is 28.8 Å². The molecule has 0 saturated heterocycles. The number of thioether (sulfide) groups is 1. The minimum Gasteiger partial charge on any atom is -0.459 e. The third-order valence-corrected chi connectivity index (χ3v) is 8.14. The zero-order valence-electron chi connectivity index (χ0n) is 16.0. The maximum absolute atomic E-state index is 13.9. The number of carbonyl (C=O) groups excluding carboxylic acids is 1. The average molecular weight is 416 g/mol. The lowest BCUT2D eigenvalue weighted by Gasteiger charge is -2.59. The van der Waals surface area contributed by atoms with Gasteiger partial charge in [0.05, 0.1) is 11.3 Å². The summed E-state index contributed by atoms with van der Waals surface area (Å²) >= 11 is 0.598. The van der Waals surface area contributed by atoms with Gasteiger partial charge in [-0.3, -0.25) is 4.79 Å². The highest BCUT2D eigenvalue weighted by atomic mass is 32.2. The number of carbonyl (C=O) groups is 1. The first-order valence-electron chi connectivity index (χ1n) is 9.87. The van der Waals surface area contributed by atoms with Crippen LogP contribution in [0.2, 0.25) is 0 Å². The zero-order chi connectivity index (χ0) is 20.2. The van der Waals surface area contributed by atoms with E-state index in [1.54, 1.807) is 0 Å². The van der Waals surface area contributed by atoms with Crippen molar-refractivity contribution in [2.75, 3.05) is 5.75 Å². The van der Waals surface area contributed by atoms with Gasteiger partial charge in [0.2, 0.25) is 0 Å². The van der Waals surface area contributed by atoms with Gasteiger partial charge in [-0.05, 0) is 69.6 Å². The van der Waals surface area contributed by atoms with E-state index in [9.17, 15) is 22.4 Å². The van der Waals surface area contributed by atoms with Crippen LogP contribution in [0, 0.1) is 53.9 Å². The van der Waals surface area contributed by atoms with E-state index in [0.717, 1.165) is 44.4 Å². The van der Waals surface area contributed by atoms with Crippen molar-refractivity contribution in [2.45, 2.75) is 62.9 Å². The lowest BCUT2D eigenvalue weighted by atomic mass is 9.50. The normalized spacial score (nSPS) is 33.4. The topological polar surface area (TPSA) is 26.3 Å². The van der Waals surface area contributed by atoms with Crippen LogP contribution in [-0.4, -0.2) is 17.3 Å². The van der Waals surface area contributed by atoms with Crippen molar-refractivity contribution in [1.82, 2.24) is 0 Å². The van der Waals surface area contributed by atoms with Gasteiger partial charge in [-0.25, -0.2) is 17.6 Å². The predicted molar refractivity (Wildman–Crippen MR) is 97.9 cm³/mol. The number of hydrogen-bond donors (Lipinski definition) is 0. The fraction of sp³-hybridized carbons (Fsp3) is 0.667. The minimum atomic E-state index is -1.41. The Morgan fingerprint density at radius 3 is 1.96 bits per heavy atom. The SMILES string of the molecule is Cc1c(F)c(F)c(SCCC(=O)OC2(C)C3CC4CC(C3)CC2C4)c(F)c1F. The van der Waals surface area contributed by atoms with Crippen molar-refractivity contribution < 1.29 is 27.1 Å². The third-order valence-electron chi connectivity index (χ3n) is 7.09. The molecule has 0 spiro atoms. The molecule has 4 saturated carbocycles. The molecule has 0 unspecified atom stereocenters. The summed E-state index contributed by atoms with van der Waals surface area (Å²) in [6.45, 7) is 3.00. The third kappa shape index (κ3) is 3.23. The van der Waals surface area contributed by atoms with E-state index in [2.05, 4.69) is 0 Å². The van der Waals surface area contributed by atoms with Crippen LogP contribution in [0.15, 0.2) is 4.90 Å². The van der Waals surface area contributed by atoms with Gasteiger partial charge in [-0.15, -0.1) is 11.8 Å². The largest absolute Gasteiger partial charge is 0.459 e. The van der Waals surface area contributed by atoms with Crippen LogP contribution >= 0.6 is 11.8 Å². The summed E-state index contributed by atoms with van der Waals surface area (Å²) in [5.41, 5.74) is -1.15. The van der Waals surface area contributed by atoms with Gasteiger partial charge < -0.3 is 4.74 Å². The van der Waals surface area contributed by atoms with Crippen LogP contribution in [0.25, 0.3) is 0 Å². The lowest BCUT2D eigenvalue weighted by molar-refractivity contribution is -0.202. The molecule has 1 aromatic rings. The van der Waals surface area contributed by atoms with Crippen molar-refractivity contribution >= 4 is 17.7 Å². The average Bonchev–Trinajstić information content (AvgIpc) is 2.65. The van der Waals surface area contributed by atoms with E-state index in [-0.39, 0.29) is 12.2 Å². The molecule has 28 heavy (non-hydrogen) atoms. The number of halogens is 4. The summed E-state index contributed by atoms with van der Waals surface area (Å²) < 4.78 is 61.1. The van der Waals surface area contributed by atoms with Crippen molar-refractivity contribution in [1.29, 1.82) is 0 Å². The Morgan fingerprint density at radius 1 is 0.964 bits per heavy atom. The van der Waals surface area contributed by atoms with E-state index >= 15 is 0 Å². The Labute approximate surface area is 166 Å². The Morgan fingerprint density at radius 2 is 1.46 bits per heavy atom. The molecule has 0 amide bonds. The molecule has 4 aliphatic carbocycles. The number of esters is 1. The highest BCUT2D eigenvalue weighted by Crippen LogP contribution is 2.59. The second kappa shape index (κ2) is 7.22. The smallest absolute Gasteiger partial charge is 0.307 e. The molecule has 4 aliphatic rings. The maximum atomic E-state index is 13.9. The van der Waals surface area contributed by atoms with E-state index in [0.29, 0.717) is 23.6 Å². The quantitative estimate of drug-likeness (QED) is 0.263. The second-order valence-electron chi connectivity index (χ2n) is 8.77. The maximum Gasteiger partial charge on any atom is 0.307 e. The molecule has 7 heteroatoms. The summed E-state index contributed by atoms with van der Waals surface area (Å²) in [5, 5.41) is 0. The van der Waals surface area contributed by atoms with Gasteiger partial charge in [0.1, 0.15) is 5.60 Å². The molecule has 4 fully saturated rings. The molecular weight excluding hydrogens is 392 g/mol. The van der Waals surface area contributed by atoms with Crippen LogP contribution in [0.3, 0.4) is 0 Å². The Bertz CT molecular complexity index is 753. The van der Waals surface area contributed by atoms with E-state index in [4.69, 9.17) is 4.74 Å². The van der Waals surface area contributed by atoms with Crippen LogP contribution in [0.4, 0.5) is 17.6 Å². The van der Waals surface area contributed by atoms with Gasteiger partial charge in [-0.1, -0.05) is 0 Å². The van der Waals surface area contributed by atoms with Gasteiger partial charge in [0.15, 0.2) is 23.3 Å². The number of rotatable bonds is 5. The van der Waals surface area contributed by atoms with Crippen molar-refractivity contribution in [3.63, 3.8) is 0 Å². The summed E-state index contributed by atoms with van der Waals surface area (Å²) in [7, 11) is 0. The zero-order valence-corrected chi connectivity index (χ0v) is 16.8. The Hall–Kier alpha value is -1.24. The van der Waals surface area contributed by atoms with Crippen LogP contribution in [-0.2, 0) is 9.53 Å². The van der Waals surface area contributed by atoms with Crippen LogP contribution < -0.4 is 0 Å². The van der Waals surface area contributed by atoms with Crippen LogP contribution in [0.1, 0.15) is 51.0 Å². The molecule has 0 atom stereocenters. The predicted octanol–water partition coefficient (Wildman–Crippen LogP) is 5.79. The first-order valence-corrected chi connectivity index (χ1v) is 10.9. The summed E-state index contributed by atoms with van der Waals surface area (Å²) in [6.07, 6.45) is 5.64. The Balaban J connectivity index is 1.37. The summed E-state index contributed by atoms with van der Waals surface area (Å²) in [4.78, 5) is 11.7. The fourth-order valence-corrected chi connectivity index (χ4v) is 6.57. The highest BCUT2D eigenvalue weighted by molar-refractivity contribution is 7.99. The first-order chi connectivity index (χ1) is 13.2. The van der Waals surface area contributed by atoms with Crippen molar-refractivity contribution in [2.24, 2.45) is 23.7 Å². The summed E-state index contributed by atoms with van der Waals surface area (Å²) in [5.74, 6) is -3.78. The van der Waals surface area contributed by atoms with E-state index in [1.807, 2.05) is 6.92 Å². The molecule has 0 radical (unpaired) electrons. The number of hydrogen-bond acceptors (Lipinski definition) is 3. The molecular formula is C21H24F4O2S. The van der Waals surface area contributed by atoms with Gasteiger partial charge in [0, 0.05) is 11.3 Å². The number of benzene rings is 1. The van der Waals surface area contributed by atoms with Crippen molar-refractivity contribution in [3.8, 4) is 0 Å². The monoisotopic (exact) mass is 416 g/mol. The molecule has 2 nitrogen and oxygen atoms in total. The fourth-order valence-electron chi connectivity index (χ4n) is 5.67. The van der Waals surface area contributed by atoms with Gasteiger partial charge >= 0.3 is 5.97 Å². The second-order valence-corrected chi connectivity index (χ2v) is 9.88. The molecule has 4 bridgehead atoms. The molecule has 0 N–H and O–H groups in total. The molecule has 1 aromatic carbocycles. The molecule has 154 valence electrons. The molecule has 0 aliphatic heterocycles. The lowest BCUT2D eigenvalue weighted by Crippen LogP contribution is -2.58. The molecule has 0 heterocycles.